The van der Waals surface area contributed by atoms with Crippen LogP contribution in [0.4, 0.5) is 0 Å². The van der Waals surface area contributed by atoms with Gasteiger partial charge in [-0.1, -0.05) is 6.92 Å². The first-order valence-electron chi connectivity index (χ1n) is 7.55. The van der Waals surface area contributed by atoms with Gasteiger partial charge in [0, 0.05) is 31.7 Å². The van der Waals surface area contributed by atoms with Gasteiger partial charge in [0.05, 0.1) is 25.9 Å². The molecule has 1 aromatic rings. The van der Waals surface area contributed by atoms with Gasteiger partial charge >= 0.3 is 0 Å². The molecule has 0 aliphatic carbocycles. The molecule has 21 heavy (non-hydrogen) atoms. The van der Waals surface area contributed by atoms with E-state index in [2.05, 4.69) is 9.97 Å². The largest absolute Gasteiger partial charge is 0.473 e. The van der Waals surface area contributed by atoms with Crippen molar-refractivity contribution >= 4 is 5.91 Å². The standard InChI is InChI=1S/C15H21N3O3/c1-2-3-14(19)18-10-15(11-18)8-12(4-7-20-15)21-13-9-16-5-6-17-13/h5-6,9,12H,2-4,7-8,10-11H2,1H3/t12-/m1/s1. The number of ether oxygens (including phenoxy) is 2. The number of amides is 1. The van der Waals surface area contributed by atoms with E-state index in [0.29, 0.717) is 32.0 Å². The van der Waals surface area contributed by atoms with Crippen molar-refractivity contribution in [2.75, 3.05) is 19.7 Å². The summed E-state index contributed by atoms with van der Waals surface area (Å²) in [4.78, 5) is 21.9. The van der Waals surface area contributed by atoms with Crippen molar-refractivity contribution in [3.05, 3.63) is 18.6 Å². The number of carbonyl (C=O) groups excluding carboxylic acids is 1. The Morgan fingerprint density at radius 2 is 2.38 bits per heavy atom. The van der Waals surface area contributed by atoms with Crippen molar-refractivity contribution in [2.45, 2.75) is 44.3 Å². The normalized spacial score (nSPS) is 23.7. The number of hydrogen-bond acceptors (Lipinski definition) is 5. The van der Waals surface area contributed by atoms with Crippen LogP contribution in [0.1, 0.15) is 32.6 Å². The van der Waals surface area contributed by atoms with E-state index < -0.39 is 0 Å². The average molecular weight is 291 g/mol. The highest BCUT2D eigenvalue weighted by Crippen LogP contribution is 2.35. The van der Waals surface area contributed by atoms with Crippen LogP contribution in [-0.2, 0) is 9.53 Å². The third-order valence-corrected chi connectivity index (χ3v) is 4.05. The second-order valence-electron chi connectivity index (χ2n) is 5.81. The summed E-state index contributed by atoms with van der Waals surface area (Å²) in [6, 6.07) is 0. The van der Waals surface area contributed by atoms with Gasteiger partial charge in [0.25, 0.3) is 0 Å². The summed E-state index contributed by atoms with van der Waals surface area (Å²) in [7, 11) is 0. The SMILES string of the molecule is CCCC(=O)N1CC2(C[C@H](Oc3cnccn3)CCO2)C1. The summed E-state index contributed by atoms with van der Waals surface area (Å²) in [5.74, 6) is 0.779. The fourth-order valence-electron chi connectivity index (χ4n) is 3.02. The summed E-state index contributed by atoms with van der Waals surface area (Å²) < 4.78 is 11.8. The van der Waals surface area contributed by atoms with Gasteiger partial charge in [-0.25, -0.2) is 4.98 Å². The van der Waals surface area contributed by atoms with Gasteiger partial charge in [0.1, 0.15) is 11.7 Å². The van der Waals surface area contributed by atoms with Crippen molar-refractivity contribution in [1.29, 1.82) is 0 Å². The highest BCUT2D eigenvalue weighted by molar-refractivity contribution is 5.77. The Balaban J connectivity index is 1.54. The maximum absolute atomic E-state index is 11.8. The Hall–Kier alpha value is -1.69. The van der Waals surface area contributed by atoms with Crippen LogP contribution in [0.5, 0.6) is 5.88 Å². The fraction of sp³-hybridized carbons (Fsp3) is 0.667. The molecule has 6 nitrogen and oxygen atoms in total. The third kappa shape index (κ3) is 3.15. The van der Waals surface area contributed by atoms with Crippen molar-refractivity contribution in [1.82, 2.24) is 14.9 Å². The summed E-state index contributed by atoms with van der Waals surface area (Å²) in [5, 5.41) is 0. The van der Waals surface area contributed by atoms with Crippen molar-refractivity contribution in [3.8, 4) is 5.88 Å². The molecule has 0 radical (unpaired) electrons. The highest BCUT2D eigenvalue weighted by atomic mass is 16.5. The van der Waals surface area contributed by atoms with Crippen LogP contribution in [0.15, 0.2) is 18.6 Å². The number of hydrogen-bond donors (Lipinski definition) is 0. The molecule has 0 unspecified atom stereocenters. The molecule has 1 aromatic heterocycles. The lowest BCUT2D eigenvalue weighted by Crippen LogP contribution is -2.67. The van der Waals surface area contributed by atoms with Crippen molar-refractivity contribution in [3.63, 3.8) is 0 Å². The fourth-order valence-corrected chi connectivity index (χ4v) is 3.02. The minimum Gasteiger partial charge on any atom is -0.473 e. The Bertz CT molecular complexity index is 488. The van der Waals surface area contributed by atoms with E-state index in [1.807, 2.05) is 11.8 Å². The summed E-state index contributed by atoms with van der Waals surface area (Å²) in [6.07, 6.45) is 8.12. The van der Waals surface area contributed by atoms with Crippen molar-refractivity contribution in [2.24, 2.45) is 0 Å². The predicted molar refractivity (Wildman–Crippen MR) is 75.9 cm³/mol. The zero-order chi connectivity index (χ0) is 14.7. The molecular formula is C15H21N3O3. The van der Waals surface area contributed by atoms with Gasteiger partial charge in [-0.3, -0.25) is 9.78 Å². The van der Waals surface area contributed by atoms with Gasteiger partial charge in [-0.05, 0) is 6.42 Å². The Labute approximate surface area is 124 Å². The first kappa shape index (κ1) is 14.3. The van der Waals surface area contributed by atoms with Crippen LogP contribution in [0.2, 0.25) is 0 Å². The molecule has 2 aliphatic rings. The zero-order valence-corrected chi connectivity index (χ0v) is 12.3. The monoisotopic (exact) mass is 291 g/mol. The third-order valence-electron chi connectivity index (χ3n) is 4.05. The molecular weight excluding hydrogens is 270 g/mol. The molecule has 6 heteroatoms. The topological polar surface area (TPSA) is 64.6 Å². The first-order chi connectivity index (χ1) is 10.2. The molecule has 2 aliphatic heterocycles. The van der Waals surface area contributed by atoms with E-state index in [9.17, 15) is 4.79 Å². The Kier molecular flexibility index (Phi) is 4.05. The van der Waals surface area contributed by atoms with Crippen molar-refractivity contribution < 1.29 is 14.3 Å². The molecule has 114 valence electrons. The van der Waals surface area contributed by atoms with Crippen LogP contribution < -0.4 is 4.74 Å². The molecule has 1 atom stereocenters. The van der Waals surface area contributed by atoms with Crippen LogP contribution in [0.25, 0.3) is 0 Å². The van der Waals surface area contributed by atoms with Crippen LogP contribution >= 0.6 is 0 Å². The maximum atomic E-state index is 11.8. The number of aromatic nitrogens is 2. The second-order valence-corrected chi connectivity index (χ2v) is 5.81. The Morgan fingerprint density at radius 3 is 3.10 bits per heavy atom. The lowest BCUT2D eigenvalue weighted by molar-refractivity contribution is -0.193. The van der Waals surface area contributed by atoms with Gasteiger partial charge in [0.15, 0.2) is 0 Å². The zero-order valence-electron chi connectivity index (χ0n) is 12.3. The number of rotatable bonds is 4. The van der Waals surface area contributed by atoms with Crippen LogP contribution in [-0.4, -0.2) is 52.2 Å². The van der Waals surface area contributed by atoms with Crippen LogP contribution in [0, 0.1) is 0 Å². The summed E-state index contributed by atoms with van der Waals surface area (Å²) in [5.41, 5.74) is -0.214. The average Bonchev–Trinajstić information content (AvgIpc) is 2.46. The molecule has 0 aromatic carbocycles. The van der Waals surface area contributed by atoms with Gasteiger partial charge in [0.2, 0.25) is 11.8 Å². The minimum absolute atomic E-state index is 0.0823. The molecule has 0 N–H and O–H groups in total. The molecule has 2 fully saturated rings. The number of nitrogens with zero attached hydrogens (tertiary/aromatic N) is 3. The summed E-state index contributed by atoms with van der Waals surface area (Å²) in [6.45, 7) is 4.06. The van der Waals surface area contributed by atoms with E-state index in [4.69, 9.17) is 9.47 Å². The Morgan fingerprint density at radius 1 is 1.52 bits per heavy atom. The molecule has 0 bridgehead atoms. The minimum atomic E-state index is -0.214. The lowest BCUT2D eigenvalue weighted by atomic mass is 9.84. The predicted octanol–water partition coefficient (Wildman–Crippen LogP) is 1.42. The van der Waals surface area contributed by atoms with E-state index >= 15 is 0 Å². The van der Waals surface area contributed by atoms with E-state index in [-0.39, 0.29) is 17.6 Å². The second kappa shape index (κ2) is 5.97. The summed E-state index contributed by atoms with van der Waals surface area (Å²) >= 11 is 0. The number of carbonyl (C=O) groups is 1. The highest BCUT2D eigenvalue weighted by Gasteiger charge is 2.49. The quantitative estimate of drug-likeness (QED) is 0.839. The van der Waals surface area contributed by atoms with Crippen LogP contribution in [0.3, 0.4) is 0 Å². The molecule has 2 saturated heterocycles. The maximum Gasteiger partial charge on any atom is 0.232 e. The van der Waals surface area contributed by atoms with Gasteiger partial charge < -0.3 is 14.4 Å². The lowest BCUT2D eigenvalue weighted by Gasteiger charge is -2.52. The molecule has 0 saturated carbocycles. The van der Waals surface area contributed by atoms with E-state index in [1.165, 1.54) is 0 Å². The smallest absolute Gasteiger partial charge is 0.232 e. The van der Waals surface area contributed by atoms with Gasteiger partial charge in [-0.2, -0.15) is 0 Å². The molecule has 1 spiro atoms. The van der Waals surface area contributed by atoms with E-state index in [1.54, 1.807) is 18.6 Å². The number of likely N-dealkylation sites (tertiary alicyclic amines) is 1. The molecule has 3 rings (SSSR count). The van der Waals surface area contributed by atoms with Gasteiger partial charge in [-0.15, -0.1) is 0 Å². The first-order valence-corrected chi connectivity index (χ1v) is 7.55. The molecule has 3 heterocycles. The van der Waals surface area contributed by atoms with E-state index in [0.717, 1.165) is 19.3 Å². The molecule has 1 amide bonds.